The molecule has 0 aliphatic rings. The van der Waals surface area contributed by atoms with E-state index in [9.17, 15) is 4.79 Å². The maximum atomic E-state index is 12.3. The third-order valence-corrected chi connectivity index (χ3v) is 4.33. The number of H-pyrrole nitrogens is 1. The Hall–Kier alpha value is -2.75. The van der Waals surface area contributed by atoms with Gasteiger partial charge in [0.2, 0.25) is 0 Å². The summed E-state index contributed by atoms with van der Waals surface area (Å²) in [6.07, 6.45) is 0.817. The van der Waals surface area contributed by atoms with Crippen LogP contribution in [0.4, 0.5) is 5.69 Å². The van der Waals surface area contributed by atoms with Gasteiger partial charge < -0.3 is 15.2 Å². The molecule has 24 heavy (non-hydrogen) atoms. The Bertz CT molecular complexity index is 847. The van der Waals surface area contributed by atoms with Crippen LogP contribution < -0.4 is 10.2 Å². The highest BCUT2D eigenvalue weighted by atomic mass is 16.1. The van der Waals surface area contributed by atoms with E-state index in [-0.39, 0.29) is 5.91 Å². The number of benzene rings is 2. The molecule has 0 atom stereocenters. The van der Waals surface area contributed by atoms with E-state index in [0.717, 1.165) is 17.6 Å². The van der Waals surface area contributed by atoms with Crippen LogP contribution in [0.25, 0.3) is 10.9 Å². The molecule has 1 amide bonds. The first-order valence-corrected chi connectivity index (χ1v) is 8.18. The van der Waals surface area contributed by atoms with E-state index < -0.39 is 0 Å². The molecule has 1 aromatic heterocycles. The van der Waals surface area contributed by atoms with Crippen molar-refractivity contribution in [3.05, 3.63) is 65.4 Å². The minimum Gasteiger partial charge on any atom is -0.378 e. The van der Waals surface area contributed by atoms with E-state index in [2.05, 4.69) is 29.4 Å². The maximum absolute atomic E-state index is 12.3. The molecule has 3 rings (SSSR count). The summed E-state index contributed by atoms with van der Waals surface area (Å²) in [7, 11) is 3.97. The number of nitrogens with zero attached hydrogens (tertiary/aromatic N) is 1. The van der Waals surface area contributed by atoms with E-state index in [1.165, 1.54) is 16.6 Å². The zero-order valence-electron chi connectivity index (χ0n) is 14.4. The van der Waals surface area contributed by atoms with Crippen molar-refractivity contribution in [1.82, 2.24) is 10.3 Å². The summed E-state index contributed by atoms with van der Waals surface area (Å²) in [6.45, 7) is 2.70. The molecule has 0 spiro atoms. The van der Waals surface area contributed by atoms with Crippen molar-refractivity contribution in [2.24, 2.45) is 0 Å². The number of aromatic nitrogens is 1. The summed E-state index contributed by atoms with van der Waals surface area (Å²) in [4.78, 5) is 17.7. The van der Waals surface area contributed by atoms with Crippen LogP contribution in [0.2, 0.25) is 0 Å². The van der Waals surface area contributed by atoms with Gasteiger partial charge in [-0.1, -0.05) is 18.2 Å². The van der Waals surface area contributed by atoms with E-state index >= 15 is 0 Å². The number of nitrogens with one attached hydrogen (secondary N) is 2. The van der Waals surface area contributed by atoms with Gasteiger partial charge in [-0.05, 0) is 49.2 Å². The molecule has 0 radical (unpaired) electrons. The minimum atomic E-state index is -0.0298. The molecule has 124 valence electrons. The Morgan fingerprint density at radius 1 is 1.08 bits per heavy atom. The Balaban J connectivity index is 1.63. The summed E-state index contributed by atoms with van der Waals surface area (Å²) in [5.74, 6) is -0.0298. The van der Waals surface area contributed by atoms with Gasteiger partial charge in [-0.25, -0.2) is 0 Å². The number of carbonyl (C=O) groups is 1. The second-order valence-electron chi connectivity index (χ2n) is 6.22. The standard InChI is InChI=1S/C20H23N3O/c1-14-17(18-6-4-5-7-19(18)22-14)12-13-21-20(24)15-8-10-16(11-9-15)23(2)3/h4-11,22H,12-13H2,1-3H3,(H,21,24). The second-order valence-corrected chi connectivity index (χ2v) is 6.22. The lowest BCUT2D eigenvalue weighted by Crippen LogP contribution is -2.25. The molecule has 0 bridgehead atoms. The van der Waals surface area contributed by atoms with Crippen LogP contribution >= 0.6 is 0 Å². The molecule has 1 heterocycles. The van der Waals surface area contributed by atoms with Crippen molar-refractivity contribution >= 4 is 22.5 Å². The summed E-state index contributed by atoms with van der Waals surface area (Å²) < 4.78 is 0. The number of anilines is 1. The zero-order valence-corrected chi connectivity index (χ0v) is 14.4. The number of hydrogen-bond acceptors (Lipinski definition) is 2. The average Bonchev–Trinajstić information content (AvgIpc) is 2.90. The Kier molecular flexibility index (Phi) is 4.56. The van der Waals surface area contributed by atoms with E-state index in [4.69, 9.17) is 0 Å². The first kappa shape index (κ1) is 16.1. The van der Waals surface area contributed by atoms with Crippen LogP contribution in [-0.4, -0.2) is 31.5 Å². The lowest BCUT2D eigenvalue weighted by molar-refractivity contribution is 0.0954. The zero-order chi connectivity index (χ0) is 17.1. The fourth-order valence-corrected chi connectivity index (χ4v) is 2.97. The number of aryl methyl sites for hydroxylation is 1. The largest absolute Gasteiger partial charge is 0.378 e. The van der Waals surface area contributed by atoms with E-state index in [0.29, 0.717) is 12.1 Å². The van der Waals surface area contributed by atoms with Gasteiger partial charge in [0.15, 0.2) is 0 Å². The minimum absolute atomic E-state index is 0.0298. The average molecular weight is 321 g/mol. The topological polar surface area (TPSA) is 48.1 Å². The van der Waals surface area contributed by atoms with Gasteiger partial charge in [0.05, 0.1) is 0 Å². The third-order valence-electron chi connectivity index (χ3n) is 4.33. The molecule has 0 aliphatic carbocycles. The summed E-state index contributed by atoms with van der Waals surface area (Å²) >= 11 is 0. The van der Waals surface area contributed by atoms with Gasteiger partial charge in [0, 0.05) is 48.5 Å². The van der Waals surface area contributed by atoms with Crippen LogP contribution in [0, 0.1) is 6.92 Å². The van der Waals surface area contributed by atoms with Crippen molar-refractivity contribution in [2.45, 2.75) is 13.3 Å². The van der Waals surface area contributed by atoms with Gasteiger partial charge >= 0.3 is 0 Å². The molecule has 4 nitrogen and oxygen atoms in total. The Morgan fingerprint density at radius 3 is 2.50 bits per heavy atom. The van der Waals surface area contributed by atoms with Crippen LogP contribution in [0.5, 0.6) is 0 Å². The summed E-state index contributed by atoms with van der Waals surface area (Å²) in [5.41, 5.74) is 5.36. The van der Waals surface area contributed by atoms with Crippen LogP contribution in [0.1, 0.15) is 21.6 Å². The summed E-state index contributed by atoms with van der Waals surface area (Å²) in [6, 6.07) is 15.9. The predicted octanol–water partition coefficient (Wildman–Crippen LogP) is 3.51. The second kappa shape index (κ2) is 6.79. The molecule has 0 aliphatic heterocycles. The molecule has 2 aromatic carbocycles. The van der Waals surface area contributed by atoms with Crippen molar-refractivity contribution in [3.8, 4) is 0 Å². The Labute approximate surface area is 142 Å². The number of amides is 1. The van der Waals surface area contributed by atoms with Crippen molar-refractivity contribution in [1.29, 1.82) is 0 Å². The number of rotatable bonds is 5. The fourth-order valence-electron chi connectivity index (χ4n) is 2.97. The third kappa shape index (κ3) is 3.27. The molecule has 0 unspecified atom stereocenters. The van der Waals surface area contributed by atoms with Crippen molar-refractivity contribution in [3.63, 3.8) is 0 Å². The number of carbonyl (C=O) groups excluding carboxylic acids is 1. The van der Waals surface area contributed by atoms with Crippen LogP contribution in [0.3, 0.4) is 0 Å². The molecule has 2 N–H and O–H groups in total. The number of hydrogen-bond donors (Lipinski definition) is 2. The smallest absolute Gasteiger partial charge is 0.251 e. The van der Waals surface area contributed by atoms with Crippen LogP contribution in [0.15, 0.2) is 48.5 Å². The highest BCUT2D eigenvalue weighted by Gasteiger charge is 2.09. The predicted molar refractivity (Wildman–Crippen MR) is 99.8 cm³/mol. The van der Waals surface area contributed by atoms with Crippen molar-refractivity contribution < 1.29 is 4.79 Å². The van der Waals surface area contributed by atoms with Gasteiger partial charge in [0.1, 0.15) is 0 Å². The molecule has 0 fully saturated rings. The van der Waals surface area contributed by atoms with Gasteiger partial charge in [-0.3, -0.25) is 4.79 Å². The normalized spacial score (nSPS) is 10.8. The molecule has 4 heteroatoms. The number of aromatic amines is 1. The highest BCUT2D eigenvalue weighted by molar-refractivity contribution is 5.94. The van der Waals surface area contributed by atoms with Crippen molar-refractivity contribution in [2.75, 3.05) is 25.5 Å². The van der Waals surface area contributed by atoms with E-state index in [1.54, 1.807) is 0 Å². The van der Waals surface area contributed by atoms with Crippen LogP contribution in [-0.2, 0) is 6.42 Å². The van der Waals surface area contributed by atoms with E-state index in [1.807, 2.05) is 55.4 Å². The van der Waals surface area contributed by atoms with Gasteiger partial charge in [0.25, 0.3) is 5.91 Å². The first-order valence-electron chi connectivity index (χ1n) is 8.18. The first-order chi connectivity index (χ1) is 11.6. The fraction of sp³-hybridized carbons (Fsp3) is 0.250. The monoisotopic (exact) mass is 321 g/mol. The molecular weight excluding hydrogens is 298 g/mol. The maximum Gasteiger partial charge on any atom is 0.251 e. The lowest BCUT2D eigenvalue weighted by Gasteiger charge is -2.12. The SMILES string of the molecule is Cc1[nH]c2ccccc2c1CCNC(=O)c1ccc(N(C)C)cc1. The molecule has 3 aromatic rings. The molecular formula is C20H23N3O. The summed E-state index contributed by atoms with van der Waals surface area (Å²) in [5, 5.41) is 4.25. The lowest BCUT2D eigenvalue weighted by atomic mass is 10.1. The molecule has 0 saturated carbocycles. The highest BCUT2D eigenvalue weighted by Crippen LogP contribution is 2.22. The number of fused-ring (bicyclic) bond motifs is 1. The number of para-hydroxylation sites is 1. The Morgan fingerprint density at radius 2 is 1.79 bits per heavy atom. The quantitative estimate of drug-likeness (QED) is 0.755. The van der Waals surface area contributed by atoms with Gasteiger partial charge in [-0.2, -0.15) is 0 Å². The van der Waals surface area contributed by atoms with Gasteiger partial charge in [-0.15, -0.1) is 0 Å². The molecule has 0 saturated heterocycles.